The van der Waals surface area contributed by atoms with Crippen LogP contribution < -0.4 is 15.4 Å². The number of thioether (sulfide) groups is 1. The van der Waals surface area contributed by atoms with Gasteiger partial charge < -0.3 is 15.4 Å². The molecule has 1 heterocycles. The fourth-order valence-electron chi connectivity index (χ4n) is 3.74. The molecule has 0 amide bonds. The minimum Gasteiger partial charge on any atom is -0.377 e. The SMILES string of the molecule is CN=C(NCc1ccc(S(=O)(=O)NCC2CCCO2)cc1)NC1CCC(SC)C1.I. The molecule has 3 rings (SSSR count). The lowest BCUT2D eigenvalue weighted by Gasteiger charge is -2.17. The van der Waals surface area contributed by atoms with Gasteiger partial charge in [-0.05, 0) is 56.1 Å². The smallest absolute Gasteiger partial charge is 0.240 e. The molecule has 0 spiro atoms. The van der Waals surface area contributed by atoms with Crippen molar-refractivity contribution < 1.29 is 13.2 Å². The van der Waals surface area contributed by atoms with Crippen LogP contribution in [0.2, 0.25) is 0 Å². The first-order valence-electron chi connectivity index (χ1n) is 10.2. The molecule has 1 saturated carbocycles. The number of rotatable bonds is 8. The van der Waals surface area contributed by atoms with Crippen molar-refractivity contribution in [2.45, 2.75) is 60.9 Å². The molecular formula is C20H33IN4O3S2. The monoisotopic (exact) mass is 568 g/mol. The zero-order valence-electron chi connectivity index (χ0n) is 17.6. The third-order valence-electron chi connectivity index (χ3n) is 5.50. The highest BCUT2D eigenvalue weighted by atomic mass is 127. The average molecular weight is 569 g/mol. The van der Waals surface area contributed by atoms with Crippen molar-refractivity contribution >= 4 is 51.7 Å². The first-order chi connectivity index (χ1) is 14.0. The Morgan fingerprint density at radius 3 is 2.60 bits per heavy atom. The predicted octanol–water partition coefficient (Wildman–Crippen LogP) is 2.71. The van der Waals surface area contributed by atoms with Gasteiger partial charge in [0.25, 0.3) is 0 Å². The predicted molar refractivity (Wildman–Crippen MR) is 134 cm³/mol. The van der Waals surface area contributed by atoms with Crippen molar-refractivity contribution in [1.29, 1.82) is 0 Å². The van der Waals surface area contributed by atoms with Gasteiger partial charge in [0, 0.05) is 38.0 Å². The van der Waals surface area contributed by atoms with Gasteiger partial charge in [0.2, 0.25) is 10.0 Å². The van der Waals surface area contributed by atoms with Crippen molar-refractivity contribution in [3.05, 3.63) is 29.8 Å². The summed E-state index contributed by atoms with van der Waals surface area (Å²) in [5.41, 5.74) is 0.999. The second-order valence-corrected chi connectivity index (χ2v) is 10.5. The third-order valence-corrected chi connectivity index (χ3v) is 8.04. The van der Waals surface area contributed by atoms with Crippen molar-refractivity contribution in [3.63, 3.8) is 0 Å². The van der Waals surface area contributed by atoms with E-state index in [0.29, 0.717) is 25.7 Å². The van der Waals surface area contributed by atoms with E-state index in [1.807, 2.05) is 23.9 Å². The van der Waals surface area contributed by atoms with Crippen molar-refractivity contribution in [3.8, 4) is 0 Å². The van der Waals surface area contributed by atoms with Crippen molar-refractivity contribution in [1.82, 2.24) is 15.4 Å². The van der Waals surface area contributed by atoms with Gasteiger partial charge in [-0.2, -0.15) is 11.8 Å². The van der Waals surface area contributed by atoms with E-state index in [4.69, 9.17) is 4.74 Å². The lowest BCUT2D eigenvalue weighted by atomic mass is 10.2. The molecule has 1 saturated heterocycles. The molecule has 1 aromatic rings. The second-order valence-electron chi connectivity index (χ2n) is 7.57. The van der Waals surface area contributed by atoms with Gasteiger partial charge in [-0.25, -0.2) is 13.1 Å². The highest BCUT2D eigenvalue weighted by molar-refractivity contribution is 14.0. The number of nitrogens with zero attached hydrogens (tertiary/aromatic N) is 1. The molecule has 30 heavy (non-hydrogen) atoms. The van der Waals surface area contributed by atoms with Crippen LogP contribution in [-0.2, 0) is 21.3 Å². The van der Waals surface area contributed by atoms with Crippen LogP contribution in [0, 0.1) is 0 Å². The topological polar surface area (TPSA) is 91.8 Å². The maximum Gasteiger partial charge on any atom is 0.240 e. The fraction of sp³-hybridized carbons (Fsp3) is 0.650. The highest BCUT2D eigenvalue weighted by Gasteiger charge is 2.24. The molecule has 0 aromatic heterocycles. The molecule has 2 aliphatic rings. The number of sulfonamides is 1. The zero-order chi connectivity index (χ0) is 20.7. The zero-order valence-corrected chi connectivity index (χ0v) is 21.6. The Morgan fingerprint density at radius 1 is 1.23 bits per heavy atom. The molecule has 2 fully saturated rings. The summed E-state index contributed by atoms with van der Waals surface area (Å²) in [6.07, 6.45) is 7.62. The van der Waals surface area contributed by atoms with Crippen molar-refractivity contribution in [2.75, 3.05) is 26.5 Å². The van der Waals surface area contributed by atoms with E-state index in [2.05, 4.69) is 26.6 Å². The van der Waals surface area contributed by atoms with Gasteiger partial charge in [0.1, 0.15) is 0 Å². The summed E-state index contributed by atoms with van der Waals surface area (Å²) in [5, 5.41) is 7.53. The van der Waals surface area contributed by atoms with Gasteiger partial charge in [-0.3, -0.25) is 4.99 Å². The van der Waals surface area contributed by atoms with Crippen LogP contribution >= 0.6 is 35.7 Å². The molecule has 170 valence electrons. The van der Waals surface area contributed by atoms with Crippen LogP contribution in [0.25, 0.3) is 0 Å². The first kappa shape index (κ1) is 25.7. The Morgan fingerprint density at radius 2 is 2.00 bits per heavy atom. The van der Waals surface area contributed by atoms with Gasteiger partial charge in [0.05, 0.1) is 11.0 Å². The van der Waals surface area contributed by atoms with Crippen molar-refractivity contribution in [2.24, 2.45) is 4.99 Å². The largest absolute Gasteiger partial charge is 0.377 e. The standard InChI is InChI=1S/C20H32N4O3S2.HI/c1-21-20(24-16-7-8-18(12-16)28-2)22-13-15-5-9-19(10-6-15)29(25,26)23-14-17-4-3-11-27-17;/h5-6,9-10,16-18,23H,3-4,7-8,11-14H2,1-2H3,(H2,21,22,24);1H. The molecule has 3 N–H and O–H groups in total. The number of ether oxygens (including phenoxy) is 1. The maximum absolute atomic E-state index is 12.4. The summed E-state index contributed by atoms with van der Waals surface area (Å²) in [7, 11) is -1.74. The summed E-state index contributed by atoms with van der Waals surface area (Å²) in [6, 6.07) is 7.41. The van der Waals surface area contributed by atoms with Crippen LogP contribution in [-0.4, -0.2) is 58.2 Å². The number of nitrogens with one attached hydrogen (secondary N) is 3. The van der Waals surface area contributed by atoms with E-state index < -0.39 is 10.0 Å². The Bertz CT molecular complexity index is 784. The Balaban J connectivity index is 0.00000320. The lowest BCUT2D eigenvalue weighted by Crippen LogP contribution is -2.42. The van der Waals surface area contributed by atoms with E-state index in [1.54, 1.807) is 19.2 Å². The van der Waals surface area contributed by atoms with Gasteiger partial charge in [0.15, 0.2) is 5.96 Å². The van der Waals surface area contributed by atoms with Crippen LogP contribution in [0.3, 0.4) is 0 Å². The molecule has 1 aromatic carbocycles. The van der Waals surface area contributed by atoms with E-state index >= 15 is 0 Å². The van der Waals surface area contributed by atoms with Crippen LogP contribution in [0.5, 0.6) is 0 Å². The average Bonchev–Trinajstić information content (AvgIpc) is 3.41. The quantitative estimate of drug-likeness (QED) is 0.254. The summed E-state index contributed by atoms with van der Waals surface area (Å²) in [4.78, 5) is 4.58. The number of halogens is 1. The fourth-order valence-corrected chi connectivity index (χ4v) is 5.60. The summed E-state index contributed by atoms with van der Waals surface area (Å²) in [5.74, 6) is 0.784. The van der Waals surface area contributed by atoms with Gasteiger partial charge >= 0.3 is 0 Å². The Kier molecular flexibility index (Phi) is 10.7. The first-order valence-corrected chi connectivity index (χ1v) is 13.0. The van der Waals surface area contributed by atoms with Crippen LogP contribution in [0.1, 0.15) is 37.7 Å². The molecule has 1 aliphatic heterocycles. The van der Waals surface area contributed by atoms with E-state index in [1.165, 1.54) is 6.42 Å². The van der Waals surface area contributed by atoms with Crippen LogP contribution in [0.15, 0.2) is 34.2 Å². The van der Waals surface area contributed by atoms with E-state index in [9.17, 15) is 8.42 Å². The molecule has 1 aliphatic carbocycles. The van der Waals surface area contributed by atoms with Gasteiger partial charge in [-0.15, -0.1) is 24.0 Å². The maximum atomic E-state index is 12.4. The molecular weight excluding hydrogens is 535 g/mol. The molecule has 0 bridgehead atoms. The Labute approximate surface area is 201 Å². The van der Waals surface area contributed by atoms with Crippen LogP contribution in [0.4, 0.5) is 0 Å². The second kappa shape index (κ2) is 12.5. The normalized spacial score (nSPS) is 24.5. The minimum absolute atomic E-state index is 0. The van der Waals surface area contributed by atoms with E-state index in [-0.39, 0.29) is 35.0 Å². The number of hydrogen-bond donors (Lipinski definition) is 3. The molecule has 7 nitrogen and oxygen atoms in total. The highest BCUT2D eigenvalue weighted by Crippen LogP contribution is 2.28. The number of aliphatic imine (C=N–C) groups is 1. The number of guanidine groups is 1. The Hall–Kier alpha value is -0.560. The third kappa shape index (κ3) is 7.54. The molecule has 10 heteroatoms. The van der Waals surface area contributed by atoms with E-state index in [0.717, 1.165) is 42.5 Å². The lowest BCUT2D eigenvalue weighted by molar-refractivity contribution is 0.114. The number of benzene rings is 1. The summed E-state index contributed by atoms with van der Waals surface area (Å²) >= 11 is 1.93. The molecule has 3 unspecified atom stereocenters. The summed E-state index contributed by atoms with van der Waals surface area (Å²) < 4.78 is 33.0. The minimum atomic E-state index is -3.51. The number of hydrogen-bond acceptors (Lipinski definition) is 5. The molecule has 0 radical (unpaired) electrons. The van der Waals surface area contributed by atoms with Gasteiger partial charge in [-0.1, -0.05) is 12.1 Å². The molecule has 3 atom stereocenters. The summed E-state index contributed by atoms with van der Waals surface area (Å²) in [6.45, 7) is 1.62.